The van der Waals surface area contributed by atoms with Crippen LogP contribution in [0.5, 0.6) is 5.75 Å². The van der Waals surface area contributed by atoms with Crippen molar-refractivity contribution in [3.8, 4) is 28.1 Å². The van der Waals surface area contributed by atoms with Crippen LogP contribution in [0.25, 0.3) is 28.5 Å². The van der Waals surface area contributed by atoms with Gasteiger partial charge in [-0.05, 0) is 53.3 Å². The minimum atomic E-state index is -0.779. The summed E-state index contributed by atoms with van der Waals surface area (Å²) >= 11 is 0. The van der Waals surface area contributed by atoms with Gasteiger partial charge in [0.15, 0.2) is 0 Å². The largest absolute Gasteiger partial charge is 0.493 e. The molecule has 4 rings (SSSR count). The normalized spacial score (nSPS) is 14.9. The predicted molar refractivity (Wildman–Crippen MR) is 134 cm³/mol. The molecule has 0 saturated heterocycles. The topological polar surface area (TPSA) is 62.6 Å². The van der Waals surface area contributed by atoms with Crippen LogP contribution in [-0.2, 0) is 6.42 Å². The van der Waals surface area contributed by atoms with Crippen LogP contribution >= 0.6 is 0 Å². The van der Waals surface area contributed by atoms with E-state index < -0.39 is 12.2 Å². The highest BCUT2D eigenvalue weighted by Crippen LogP contribution is 2.42. The Morgan fingerprint density at radius 1 is 1.09 bits per heavy atom. The fourth-order valence-corrected chi connectivity index (χ4v) is 4.46. The summed E-state index contributed by atoms with van der Waals surface area (Å²) in [4.78, 5) is 5.14. The van der Waals surface area contributed by atoms with Crippen molar-refractivity contribution >= 4 is 6.08 Å². The van der Waals surface area contributed by atoms with Gasteiger partial charge in [0.25, 0.3) is 0 Å². The molecule has 5 heteroatoms. The highest BCUT2D eigenvalue weighted by molar-refractivity contribution is 5.86. The smallest absolute Gasteiger partial charge is 0.128 e. The zero-order valence-corrected chi connectivity index (χ0v) is 20.0. The average Bonchev–Trinajstić information content (AvgIpc) is 3.01. The summed E-state index contributed by atoms with van der Waals surface area (Å²) in [6.07, 6.45) is 3.81. The highest BCUT2D eigenvalue weighted by Gasteiger charge is 2.25. The first-order valence-electron chi connectivity index (χ1n) is 12.0. The van der Waals surface area contributed by atoms with Gasteiger partial charge in [0.1, 0.15) is 11.6 Å². The minimum absolute atomic E-state index is 0.110. The van der Waals surface area contributed by atoms with E-state index in [1.165, 1.54) is 12.1 Å². The Morgan fingerprint density at radius 2 is 1.82 bits per heavy atom. The summed E-state index contributed by atoms with van der Waals surface area (Å²) in [7, 11) is 0. The first-order valence-corrected chi connectivity index (χ1v) is 12.0. The lowest BCUT2D eigenvalue weighted by molar-refractivity contribution is 0.102. The number of halogens is 1. The Balaban J connectivity index is 1.97. The van der Waals surface area contributed by atoms with E-state index in [-0.39, 0.29) is 18.2 Å². The Bertz CT molecular complexity index is 1170. The summed E-state index contributed by atoms with van der Waals surface area (Å²) in [5.41, 5.74) is 6.55. The number of aliphatic hydroxyl groups is 2. The molecule has 2 atom stereocenters. The first kappa shape index (κ1) is 24.1. The number of pyridine rings is 1. The van der Waals surface area contributed by atoms with Crippen LogP contribution < -0.4 is 4.74 Å². The maximum atomic E-state index is 13.8. The molecular formula is C29H32FNO3. The zero-order valence-electron chi connectivity index (χ0n) is 20.0. The van der Waals surface area contributed by atoms with Crippen LogP contribution in [0.3, 0.4) is 0 Å². The quantitative estimate of drug-likeness (QED) is 0.443. The molecule has 0 amide bonds. The molecule has 1 aliphatic heterocycles. The molecule has 2 heterocycles. The van der Waals surface area contributed by atoms with Crippen molar-refractivity contribution in [2.75, 3.05) is 6.61 Å². The molecule has 0 saturated carbocycles. The summed E-state index contributed by atoms with van der Waals surface area (Å²) in [6.45, 7) is 6.59. The van der Waals surface area contributed by atoms with Gasteiger partial charge in [-0.2, -0.15) is 0 Å². The molecular weight excluding hydrogens is 429 g/mol. The molecule has 0 spiro atoms. The van der Waals surface area contributed by atoms with E-state index in [2.05, 4.69) is 13.8 Å². The number of aliphatic hydroxyl groups excluding tert-OH is 2. The predicted octanol–water partition coefficient (Wildman–Crippen LogP) is 6.15. The molecule has 0 fully saturated rings. The average molecular weight is 462 g/mol. The lowest BCUT2D eigenvalue weighted by atomic mass is 9.86. The van der Waals surface area contributed by atoms with E-state index in [1.807, 2.05) is 37.3 Å². The van der Waals surface area contributed by atoms with Crippen LogP contribution in [0.1, 0.15) is 56.4 Å². The molecule has 0 radical (unpaired) electrons. The Morgan fingerprint density at radius 3 is 2.53 bits per heavy atom. The van der Waals surface area contributed by atoms with Crippen molar-refractivity contribution in [1.82, 2.24) is 4.98 Å². The van der Waals surface area contributed by atoms with Crippen LogP contribution in [0.2, 0.25) is 0 Å². The van der Waals surface area contributed by atoms with Gasteiger partial charge in [-0.3, -0.25) is 4.98 Å². The maximum Gasteiger partial charge on any atom is 0.128 e. The Labute approximate surface area is 200 Å². The summed E-state index contributed by atoms with van der Waals surface area (Å²) < 4.78 is 19.9. The van der Waals surface area contributed by atoms with Gasteiger partial charge >= 0.3 is 0 Å². The van der Waals surface area contributed by atoms with Gasteiger partial charge in [0, 0.05) is 24.0 Å². The van der Waals surface area contributed by atoms with E-state index in [0.29, 0.717) is 19.4 Å². The van der Waals surface area contributed by atoms with Gasteiger partial charge in [-0.1, -0.05) is 57.2 Å². The third-order valence-corrected chi connectivity index (χ3v) is 6.27. The lowest BCUT2D eigenvalue weighted by Gasteiger charge is -2.21. The van der Waals surface area contributed by atoms with E-state index in [4.69, 9.17) is 9.72 Å². The van der Waals surface area contributed by atoms with Crippen molar-refractivity contribution in [2.45, 2.75) is 58.2 Å². The summed E-state index contributed by atoms with van der Waals surface area (Å²) in [5.74, 6) is 0.627. The van der Waals surface area contributed by atoms with Crippen LogP contribution in [0.15, 0.2) is 54.6 Å². The Hall–Kier alpha value is -3.02. The molecule has 34 heavy (non-hydrogen) atoms. The molecule has 0 bridgehead atoms. The van der Waals surface area contributed by atoms with Gasteiger partial charge in [0.2, 0.25) is 0 Å². The van der Waals surface area contributed by atoms with E-state index >= 15 is 0 Å². The minimum Gasteiger partial charge on any atom is -0.493 e. The number of hydrogen-bond acceptors (Lipinski definition) is 4. The van der Waals surface area contributed by atoms with Crippen molar-refractivity contribution in [2.24, 2.45) is 0 Å². The fourth-order valence-electron chi connectivity index (χ4n) is 4.46. The third kappa shape index (κ3) is 5.06. The number of nitrogens with zero attached hydrogens (tertiary/aromatic N) is 1. The maximum absolute atomic E-state index is 13.8. The number of fused-ring (bicyclic) bond motifs is 3. The molecule has 1 aromatic heterocycles. The molecule has 178 valence electrons. The van der Waals surface area contributed by atoms with Crippen molar-refractivity contribution < 1.29 is 19.3 Å². The van der Waals surface area contributed by atoms with Gasteiger partial charge in [-0.25, -0.2) is 4.39 Å². The molecule has 0 aliphatic carbocycles. The number of aromatic nitrogens is 1. The van der Waals surface area contributed by atoms with Crippen LogP contribution in [0.4, 0.5) is 4.39 Å². The van der Waals surface area contributed by atoms with Gasteiger partial charge in [-0.15, -0.1) is 0 Å². The van der Waals surface area contributed by atoms with E-state index in [0.717, 1.165) is 45.0 Å². The van der Waals surface area contributed by atoms with E-state index in [1.54, 1.807) is 18.2 Å². The second-order valence-electron chi connectivity index (χ2n) is 9.09. The Kier molecular flexibility index (Phi) is 7.44. The molecule has 1 aliphatic rings. The van der Waals surface area contributed by atoms with Gasteiger partial charge in [0.05, 0.1) is 30.2 Å². The molecule has 4 nitrogen and oxygen atoms in total. The second kappa shape index (κ2) is 10.5. The number of para-hydroxylation sites is 1. The molecule has 3 aromatic rings. The second-order valence-corrected chi connectivity index (χ2v) is 9.09. The van der Waals surface area contributed by atoms with Crippen LogP contribution in [-0.4, -0.2) is 34.0 Å². The molecule has 2 N–H and O–H groups in total. The van der Waals surface area contributed by atoms with Crippen molar-refractivity contribution in [3.63, 3.8) is 0 Å². The number of rotatable bonds is 7. The fraction of sp³-hybridized carbons (Fsp3) is 0.345. The monoisotopic (exact) mass is 461 g/mol. The summed E-state index contributed by atoms with van der Waals surface area (Å²) in [5, 5.41) is 20.5. The van der Waals surface area contributed by atoms with Crippen molar-refractivity contribution in [3.05, 3.63) is 77.2 Å². The van der Waals surface area contributed by atoms with Crippen molar-refractivity contribution in [1.29, 1.82) is 0 Å². The van der Waals surface area contributed by atoms with E-state index in [9.17, 15) is 14.6 Å². The SMILES string of the molecule is CC[C@H](O)C[C@H](O)/C=C/c1c(C(C)C)nc2c(c1-c1ccc(F)cc1)CCOc1ccccc1-2. The first-order chi connectivity index (χ1) is 16.4. The summed E-state index contributed by atoms with van der Waals surface area (Å²) in [6, 6.07) is 14.4. The third-order valence-electron chi connectivity index (χ3n) is 6.27. The lowest BCUT2D eigenvalue weighted by Crippen LogP contribution is -2.14. The number of hydrogen-bond donors (Lipinski definition) is 2. The zero-order chi connectivity index (χ0) is 24.2. The van der Waals surface area contributed by atoms with Crippen LogP contribution in [0, 0.1) is 5.82 Å². The van der Waals surface area contributed by atoms with Gasteiger partial charge < -0.3 is 14.9 Å². The standard InChI is InChI=1S/C29H32FNO3/c1-4-21(32)17-22(33)13-14-24-27(19-9-11-20(30)12-10-19)25-15-16-34-26-8-6-5-7-23(26)29(25)31-28(24)18(2)3/h5-14,18,21-22,32-33H,4,15-17H2,1-3H3/b14-13+/t21-,22+/m0/s1. The highest BCUT2D eigenvalue weighted by atomic mass is 19.1. The number of ether oxygens (including phenoxy) is 1. The molecule has 0 unspecified atom stereocenters. The molecule has 2 aromatic carbocycles. The number of benzene rings is 2.